The van der Waals surface area contributed by atoms with Gasteiger partial charge in [0.25, 0.3) is 0 Å². The Balaban J connectivity index is 2.98. The van der Waals surface area contributed by atoms with Gasteiger partial charge in [-0.15, -0.1) is 0 Å². The highest BCUT2D eigenvalue weighted by Crippen LogP contribution is 2.31. The van der Waals surface area contributed by atoms with Crippen molar-refractivity contribution in [3.63, 3.8) is 0 Å². The Labute approximate surface area is 97.3 Å². The minimum absolute atomic E-state index is 0.0876. The molecule has 1 unspecified atom stereocenters. The standard InChI is InChI=1S/C14H20O2/c1-10(2)9-12-5-4-6-13(14(12)16)11(3)7-8-15/h4-6,8,10-11,16H,7,9H2,1-3H3. The molecular formula is C14H20O2. The minimum atomic E-state index is 0.0876. The Morgan fingerprint density at radius 2 is 2.00 bits per heavy atom. The summed E-state index contributed by atoms with van der Waals surface area (Å²) >= 11 is 0. The summed E-state index contributed by atoms with van der Waals surface area (Å²) in [6, 6.07) is 5.80. The lowest BCUT2D eigenvalue weighted by atomic mass is 9.92. The van der Waals surface area contributed by atoms with Gasteiger partial charge in [-0.25, -0.2) is 0 Å². The lowest BCUT2D eigenvalue weighted by molar-refractivity contribution is -0.108. The maximum atomic E-state index is 10.5. The first-order valence-electron chi connectivity index (χ1n) is 5.80. The first-order chi connectivity index (χ1) is 7.56. The van der Waals surface area contributed by atoms with E-state index in [-0.39, 0.29) is 5.92 Å². The Kier molecular flexibility index (Phi) is 4.53. The van der Waals surface area contributed by atoms with Crippen molar-refractivity contribution >= 4 is 6.29 Å². The monoisotopic (exact) mass is 220 g/mol. The molecule has 0 saturated heterocycles. The molecule has 0 radical (unpaired) electrons. The van der Waals surface area contributed by atoms with Crippen LogP contribution in [-0.4, -0.2) is 11.4 Å². The Hall–Kier alpha value is -1.31. The van der Waals surface area contributed by atoms with Crippen LogP contribution in [-0.2, 0) is 11.2 Å². The van der Waals surface area contributed by atoms with Crippen molar-refractivity contribution in [1.82, 2.24) is 0 Å². The van der Waals surface area contributed by atoms with E-state index >= 15 is 0 Å². The topological polar surface area (TPSA) is 37.3 Å². The zero-order chi connectivity index (χ0) is 12.1. The molecule has 16 heavy (non-hydrogen) atoms. The molecule has 0 heterocycles. The molecule has 0 amide bonds. The molecule has 1 rings (SSSR count). The van der Waals surface area contributed by atoms with Crippen LogP contribution in [0.5, 0.6) is 5.75 Å². The predicted molar refractivity (Wildman–Crippen MR) is 65.7 cm³/mol. The average Bonchev–Trinajstić information content (AvgIpc) is 2.21. The van der Waals surface area contributed by atoms with Gasteiger partial charge in [0.1, 0.15) is 12.0 Å². The number of hydrogen-bond donors (Lipinski definition) is 1. The summed E-state index contributed by atoms with van der Waals surface area (Å²) in [6.45, 7) is 6.21. The molecule has 2 nitrogen and oxygen atoms in total. The van der Waals surface area contributed by atoms with Crippen LogP contribution in [0.3, 0.4) is 0 Å². The summed E-state index contributed by atoms with van der Waals surface area (Å²) in [4.78, 5) is 10.5. The quantitative estimate of drug-likeness (QED) is 0.773. The summed E-state index contributed by atoms with van der Waals surface area (Å²) < 4.78 is 0. The van der Waals surface area contributed by atoms with Gasteiger partial charge < -0.3 is 9.90 Å². The van der Waals surface area contributed by atoms with E-state index < -0.39 is 0 Å². The molecule has 0 saturated carbocycles. The van der Waals surface area contributed by atoms with Gasteiger partial charge in [-0.3, -0.25) is 0 Å². The van der Waals surface area contributed by atoms with Gasteiger partial charge in [-0.1, -0.05) is 39.0 Å². The lowest BCUT2D eigenvalue weighted by Gasteiger charge is -2.15. The van der Waals surface area contributed by atoms with Gasteiger partial charge in [0.2, 0.25) is 0 Å². The van der Waals surface area contributed by atoms with Crippen LogP contribution in [0.4, 0.5) is 0 Å². The van der Waals surface area contributed by atoms with E-state index in [2.05, 4.69) is 13.8 Å². The molecular weight excluding hydrogens is 200 g/mol. The van der Waals surface area contributed by atoms with E-state index in [1.807, 2.05) is 25.1 Å². The van der Waals surface area contributed by atoms with Gasteiger partial charge in [-0.05, 0) is 29.4 Å². The summed E-state index contributed by atoms with van der Waals surface area (Å²) in [5, 5.41) is 10.1. The largest absolute Gasteiger partial charge is 0.507 e. The number of carbonyl (C=O) groups is 1. The van der Waals surface area contributed by atoms with Crippen LogP contribution in [0.1, 0.15) is 44.2 Å². The molecule has 0 fully saturated rings. The second-order valence-corrected chi connectivity index (χ2v) is 4.76. The zero-order valence-corrected chi connectivity index (χ0v) is 10.2. The third-order valence-corrected chi connectivity index (χ3v) is 2.76. The van der Waals surface area contributed by atoms with Gasteiger partial charge >= 0.3 is 0 Å². The Bertz CT molecular complexity index is 356. The molecule has 1 aromatic carbocycles. The Morgan fingerprint density at radius 3 is 2.56 bits per heavy atom. The van der Waals surface area contributed by atoms with Crippen molar-refractivity contribution < 1.29 is 9.90 Å². The molecule has 0 aromatic heterocycles. The van der Waals surface area contributed by atoms with Crippen molar-refractivity contribution in [2.45, 2.75) is 39.5 Å². The maximum Gasteiger partial charge on any atom is 0.122 e. The fourth-order valence-corrected chi connectivity index (χ4v) is 1.88. The second kappa shape index (κ2) is 5.69. The first-order valence-corrected chi connectivity index (χ1v) is 5.80. The molecule has 1 N–H and O–H groups in total. The van der Waals surface area contributed by atoms with Gasteiger partial charge in [0, 0.05) is 6.42 Å². The lowest BCUT2D eigenvalue weighted by Crippen LogP contribution is -2.00. The Morgan fingerprint density at radius 1 is 1.31 bits per heavy atom. The van der Waals surface area contributed by atoms with Crippen LogP contribution in [0.15, 0.2) is 18.2 Å². The number of carbonyl (C=O) groups excluding carboxylic acids is 1. The highest BCUT2D eigenvalue weighted by molar-refractivity contribution is 5.53. The van der Waals surface area contributed by atoms with E-state index in [9.17, 15) is 9.90 Å². The predicted octanol–water partition coefficient (Wildman–Crippen LogP) is 3.28. The SMILES string of the molecule is CC(C)Cc1cccc(C(C)CC=O)c1O. The molecule has 88 valence electrons. The molecule has 2 heteroatoms. The molecule has 0 aliphatic rings. The van der Waals surface area contributed by atoms with Gasteiger partial charge in [0.15, 0.2) is 0 Å². The molecule has 0 spiro atoms. The third-order valence-electron chi connectivity index (χ3n) is 2.76. The van der Waals surface area contributed by atoms with Crippen molar-refractivity contribution in [2.75, 3.05) is 0 Å². The number of aromatic hydroxyl groups is 1. The number of aldehydes is 1. The van der Waals surface area contributed by atoms with Crippen LogP contribution >= 0.6 is 0 Å². The first kappa shape index (κ1) is 12.8. The van der Waals surface area contributed by atoms with Crippen molar-refractivity contribution in [3.05, 3.63) is 29.3 Å². The van der Waals surface area contributed by atoms with Crippen molar-refractivity contribution in [2.24, 2.45) is 5.92 Å². The van der Waals surface area contributed by atoms with Crippen LogP contribution in [0, 0.1) is 5.92 Å². The van der Waals surface area contributed by atoms with Crippen molar-refractivity contribution in [3.8, 4) is 5.75 Å². The van der Waals surface area contributed by atoms with E-state index in [1.165, 1.54) is 0 Å². The zero-order valence-electron chi connectivity index (χ0n) is 10.2. The maximum absolute atomic E-state index is 10.5. The summed E-state index contributed by atoms with van der Waals surface area (Å²) in [7, 11) is 0. The van der Waals surface area contributed by atoms with Crippen molar-refractivity contribution in [1.29, 1.82) is 0 Å². The fraction of sp³-hybridized carbons (Fsp3) is 0.500. The number of phenolic OH excluding ortho intramolecular Hbond substituents is 1. The highest BCUT2D eigenvalue weighted by atomic mass is 16.3. The van der Waals surface area contributed by atoms with Gasteiger partial charge in [-0.2, -0.15) is 0 Å². The smallest absolute Gasteiger partial charge is 0.122 e. The number of benzene rings is 1. The van der Waals surface area contributed by atoms with Gasteiger partial charge in [0.05, 0.1) is 0 Å². The van der Waals surface area contributed by atoms with E-state index in [1.54, 1.807) is 0 Å². The van der Waals surface area contributed by atoms with E-state index in [0.29, 0.717) is 18.1 Å². The summed E-state index contributed by atoms with van der Waals surface area (Å²) in [6.07, 6.45) is 2.23. The van der Waals surface area contributed by atoms with Crippen LogP contribution < -0.4 is 0 Å². The number of rotatable bonds is 5. The number of hydrogen-bond acceptors (Lipinski definition) is 2. The molecule has 1 aromatic rings. The highest BCUT2D eigenvalue weighted by Gasteiger charge is 2.13. The fourth-order valence-electron chi connectivity index (χ4n) is 1.88. The summed E-state index contributed by atoms with van der Waals surface area (Å²) in [5.41, 5.74) is 1.86. The summed E-state index contributed by atoms with van der Waals surface area (Å²) in [5.74, 6) is 0.970. The van der Waals surface area contributed by atoms with Crippen LogP contribution in [0.25, 0.3) is 0 Å². The average molecular weight is 220 g/mol. The normalized spacial score (nSPS) is 12.8. The van der Waals surface area contributed by atoms with Crippen LogP contribution in [0.2, 0.25) is 0 Å². The molecule has 0 bridgehead atoms. The minimum Gasteiger partial charge on any atom is -0.507 e. The third kappa shape index (κ3) is 3.09. The number of phenols is 1. The molecule has 1 atom stereocenters. The molecule has 0 aliphatic heterocycles. The number of para-hydroxylation sites is 1. The van der Waals surface area contributed by atoms with E-state index in [4.69, 9.17) is 0 Å². The second-order valence-electron chi connectivity index (χ2n) is 4.76. The molecule has 0 aliphatic carbocycles. The van der Waals surface area contributed by atoms with E-state index in [0.717, 1.165) is 23.8 Å².